The first-order valence-corrected chi connectivity index (χ1v) is 7.11. The number of nitrogens with one attached hydrogen (secondary N) is 3. The molecule has 3 amide bonds. The molecule has 0 aromatic heterocycles. The number of rotatable bonds is 3. The Hall–Kier alpha value is -2.62. The average molecular weight is 304 g/mol. The number of amides is 3. The minimum Gasteiger partial charge on any atom is -0.354 e. The zero-order chi connectivity index (χ0) is 15.9. The van der Waals surface area contributed by atoms with Crippen molar-refractivity contribution in [3.8, 4) is 6.07 Å². The summed E-state index contributed by atoms with van der Waals surface area (Å²) in [5.41, 5.74) is 0.543. The van der Waals surface area contributed by atoms with Crippen LogP contribution in [0.15, 0.2) is 18.2 Å². The van der Waals surface area contributed by atoms with Crippen LogP contribution in [0.2, 0.25) is 0 Å². The van der Waals surface area contributed by atoms with Gasteiger partial charge < -0.3 is 16.0 Å². The fourth-order valence-electron chi connectivity index (χ4n) is 2.24. The van der Waals surface area contributed by atoms with Gasteiger partial charge in [0, 0.05) is 18.7 Å². The minimum atomic E-state index is -0.571. The molecule has 1 aliphatic rings. The van der Waals surface area contributed by atoms with Gasteiger partial charge in [0.2, 0.25) is 5.91 Å². The molecule has 0 radical (unpaired) electrons. The molecule has 0 aliphatic carbocycles. The van der Waals surface area contributed by atoms with Crippen LogP contribution >= 0.6 is 0 Å². The van der Waals surface area contributed by atoms with Gasteiger partial charge in [-0.3, -0.25) is 4.79 Å². The lowest BCUT2D eigenvalue weighted by Crippen LogP contribution is -2.48. The Balaban J connectivity index is 1.90. The molecule has 1 saturated heterocycles. The quantitative estimate of drug-likeness (QED) is 0.782. The molecule has 1 atom stereocenters. The molecule has 3 N–H and O–H groups in total. The van der Waals surface area contributed by atoms with Gasteiger partial charge in [-0.15, -0.1) is 0 Å². The van der Waals surface area contributed by atoms with Crippen molar-refractivity contribution in [2.24, 2.45) is 0 Å². The lowest BCUT2D eigenvalue weighted by atomic mass is 10.1. The summed E-state index contributed by atoms with van der Waals surface area (Å²) in [5.74, 6) is -0.697. The number of hydrogen-bond acceptors (Lipinski definition) is 3. The van der Waals surface area contributed by atoms with Crippen LogP contribution in [0.3, 0.4) is 0 Å². The highest BCUT2D eigenvalue weighted by Crippen LogP contribution is 2.10. The first-order valence-electron chi connectivity index (χ1n) is 7.11. The van der Waals surface area contributed by atoms with E-state index in [1.807, 2.05) is 6.07 Å². The van der Waals surface area contributed by atoms with Gasteiger partial charge in [-0.2, -0.15) is 5.26 Å². The number of hydrogen-bond donors (Lipinski definition) is 3. The molecular weight excluding hydrogens is 287 g/mol. The molecule has 1 heterocycles. The third-order valence-electron chi connectivity index (χ3n) is 3.45. The first-order chi connectivity index (χ1) is 10.6. The fourth-order valence-corrected chi connectivity index (χ4v) is 2.24. The molecule has 1 unspecified atom stereocenters. The number of carbonyl (C=O) groups is 2. The molecule has 2 rings (SSSR count). The second kappa shape index (κ2) is 7.41. The smallest absolute Gasteiger partial charge is 0.315 e. The Kier molecular flexibility index (Phi) is 5.31. The van der Waals surface area contributed by atoms with Gasteiger partial charge in [0.15, 0.2) is 0 Å². The molecule has 7 heteroatoms. The monoisotopic (exact) mass is 304 g/mol. The molecule has 1 aliphatic heterocycles. The van der Waals surface area contributed by atoms with Crippen LogP contribution in [0.25, 0.3) is 0 Å². The summed E-state index contributed by atoms with van der Waals surface area (Å²) < 4.78 is 13.6. The molecule has 0 bridgehead atoms. The van der Waals surface area contributed by atoms with E-state index < -0.39 is 17.9 Å². The zero-order valence-electron chi connectivity index (χ0n) is 12.0. The van der Waals surface area contributed by atoms with Crippen molar-refractivity contribution < 1.29 is 14.0 Å². The summed E-state index contributed by atoms with van der Waals surface area (Å²) in [6.07, 6.45) is 2.32. The molecule has 6 nitrogen and oxygen atoms in total. The van der Waals surface area contributed by atoms with Gasteiger partial charge in [-0.25, -0.2) is 9.18 Å². The van der Waals surface area contributed by atoms with Crippen molar-refractivity contribution in [2.75, 3.05) is 6.54 Å². The summed E-state index contributed by atoms with van der Waals surface area (Å²) in [6, 6.07) is 4.74. The van der Waals surface area contributed by atoms with Crippen molar-refractivity contribution in [3.05, 3.63) is 35.1 Å². The van der Waals surface area contributed by atoms with Gasteiger partial charge in [0.25, 0.3) is 0 Å². The van der Waals surface area contributed by atoms with Gasteiger partial charge in [0.05, 0.1) is 11.6 Å². The van der Waals surface area contributed by atoms with Crippen LogP contribution in [-0.4, -0.2) is 24.5 Å². The molecule has 0 saturated carbocycles. The average Bonchev–Trinajstić information content (AvgIpc) is 2.71. The second-order valence-corrected chi connectivity index (χ2v) is 5.08. The van der Waals surface area contributed by atoms with Crippen LogP contribution in [0.5, 0.6) is 0 Å². The SMILES string of the molecule is N#Cc1ccc(F)c(CNC(=O)NC2CCCCNC2=O)c1. The largest absolute Gasteiger partial charge is 0.354 e. The van der Waals surface area contributed by atoms with Crippen molar-refractivity contribution in [1.82, 2.24) is 16.0 Å². The topological polar surface area (TPSA) is 94.0 Å². The first kappa shape index (κ1) is 15.8. The number of benzene rings is 1. The van der Waals surface area contributed by atoms with Gasteiger partial charge >= 0.3 is 6.03 Å². The second-order valence-electron chi connectivity index (χ2n) is 5.08. The fraction of sp³-hybridized carbons (Fsp3) is 0.400. The molecule has 1 aromatic carbocycles. The van der Waals surface area contributed by atoms with E-state index in [1.165, 1.54) is 18.2 Å². The highest BCUT2D eigenvalue weighted by Gasteiger charge is 2.22. The van der Waals surface area contributed by atoms with E-state index in [4.69, 9.17) is 5.26 Å². The summed E-state index contributed by atoms with van der Waals surface area (Å²) in [4.78, 5) is 23.5. The van der Waals surface area contributed by atoms with Crippen molar-refractivity contribution in [1.29, 1.82) is 5.26 Å². The normalized spacial score (nSPS) is 17.8. The molecule has 1 fully saturated rings. The Morgan fingerprint density at radius 2 is 2.27 bits per heavy atom. The Bertz CT molecular complexity index is 612. The highest BCUT2D eigenvalue weighted by molar-refractivity contribution is 5.87. The third-order valence-corrected chi connectivity index (χ3v) is 3.45. The van der Waals surface area contributed by atoms with Crippen molar-refractivity contribution >= 4 is 11.9 Å². The van der Waals surface area contributed by atoms with E-state index in [0.29, 0.717) is 18.5 Å². The van der Waals surface area contributed by atoms with Crippen LogP contribution in [0.1, 0.15) is 30.4 Å². The predicted octanol–water partition coefficient (Wildman–Crippen LogP) is 1.17. The van der Waals surface area contributed by atoms with Gasteiger partial charge in [-0.05, 0) is 37.5 Å². The maximum absolute atomic E-state index is 13.6. The van der Waals surface area contributed by atoms with Crippen molar-refractivity contribution in [2.45, 2.75) is 31.8 Å². The van der Waals surface area contributed by atoms with Gasteiger partial charge in [-0.1, -0.05) is 0 Å². The van der Waals surface area contributed by atoms with Crippen LogP contribution < -0.4 is 16.0 Å². The summed E-state index contributed by atoms with van der Waals surface area (Å²) >= 11 is 0. The molecule has 22 heavy (non-hydrogen) atoms. The summed E-state index contributed by atoms with van der Waals surface area (Å²) in [6.45, 7) is 0.562. The van der Waals surface area contributed by atoms with Crippen LogP contribution in [0, 0.1) is 17.1 Å². The van der Waals surface area contributed by atoms with E-state index in [1.54, 1.807) is 0 Å². The minimum absolute atomic E-state index is 0.0540. The number of halogens is 1. The Labute approximate surface area is 127 Å². The van der Waals surface area contributed by atoms with E-state index >= 15 is 0 Å². The predicted molar refractivity (Wildman–Crippen MR) is 77.1 cm³/mol. The van der Waals surface area contributed by atoms with Crippen molar-refractivity contribution in [3.63, 3.8) is 0 Å². The molecule has 1 aromatic rings. The lowest BCUT2D eigenvalue weighted by Gasteiger charge is -2.16. The van der Waals surface area contributed by atoms with E-state index in [2.05, 4.69) is 16.0 Å². The number of nitriles is 1. The van der Waals surface area contributed by atoms with E-state index in [9.17, 15) is 14.0 Å². The number of urea groups is 1. The summed E-state index contributed by atoms with van der Waals surface area (Å²) in [5, 5.41) is 16.6. The standard InChI is InChI=1S/C15H17FN4O2/c16-12-5-4-10(8-17)7-11(12)9-19-15(22)20-13-3-1-2-6-18-14(13)21/h4-5,7,13H,1-3,6,9H2,(H,18,21)(H2,19,20,22). The van der Waals surface area contributed by atoms with Crippen LogP contribution in [0.4, 0.5) is 9.18 Å². The van der Waals surface area contributed by atoms with E-state index in [0.717, 1.165) is 12.8 Å². The highest BCUT2D eigenvalue weighted by atomic mass is 19.1. The molecule has 116 valence electrons. The third kappa shape index (κ3) is 4.19. The van der Waals surface area contributed by atoms with E-state index in [-0.39, 0.29) is 18.0 Å². The summed E-state index contributed by atoms with van der Waals surface area (Å²) in [7, 11) is 0. The Morgan fingerprint density at radius 1 is 1.45 bits per heavy atom. The lowest BCUT2D eigenvalue weighted by molar-refractivity contribution is -0.122. The van der Waals surface area contributed by atoms with Gasteiger partial charge in [0.1, 0.15) is 11.9 Å². The van der Waals surface area contributed by atoms with Crippen LogP contribution in [-0.2, 0) is 11.3 Å². The Morgan fingerprint density at radius 3 is 3.05 bits per heavy atom. The molecular formula is C15H17FN4O2. The molecule has 0 spiro atoms. The maximum Gasteiger partial charge on any atom is 0.315 e. The maximum atomic E-state index is 13.6. The zero-order valence-corrected chi connectivity index (χ0v) is 12.0. The number of nitrogens with zero attached hydrogens (tertiary/aromatic N) is 1. The number of carbonyl (C=O) groups excluding carboxylic acids is 2.